The Kier molecular flexibility index (Phi) is 9.44. The number of rotatable bonds is 8. The van der Waals surface area contributed by atoms with Crippen LogP contribution in [0.4, 0.5) is 15.9 Å². The van der Waals surface area contributed by atoms with Crippen LogP contribution in [0.2, 0.25) is 5.02 Å². The molecule has 1 saturated heterocycles. The van der Waals surface area contributed by atoms with Crippen molar-refractivity contribution in [2.45, 2.75) is 30.8 Å². The first kappa shape index (κ1) is 26.9. The second-order valence-electron chi connectivity index (χ2n) is 7.77. The monoisotopic (exact) mass is 540 g/mol. The Bertz CT molecular complexity index is 1210. The Morgan fingerprint density at radius 3 is 2.69 bits per heavy atom. The molecule has 1 aromatic heterocycles. The zero-order valence-corrected chi connectivity index (χ0v) is 21.4. The van der Waals surface area contributed by atoms with E-state index in [1.54, 1.807) is 0 Å². The summed E-state index contributed by atoms with van der Waals surface area (Å²) in [4.78, 5) is 16.2. The highest BCUT2D eigenvalue weighted by Gasteiger charge is 2.30. The minimum Gasteiger partial charge on any atom is -0.483 e. The highest BCUT2D eigenvalue weighted by atomic mass is 35.5. The largest absolute Gasteiger partial charge is 0.483 e. The van der Waals surface area contributed by atoms with Gasteiger partial charge in [-0.3, -0.25) is 14.4 Å². The number of hydrogen-bond acceptors (Lipinski definition) is 7. The number of carboxylic acid groups (broad SMARTS) is 1. The third kappa shape index (κ3) is 6.91. The van der Waals surface area contributed by atoms with E-state index in [1.165, 1.54) is 39.9 Å². The first-order valence-electron chi connectivity index (χ1n) is 10.8. The quantitative estimate of drug-likeness (QED) is 0.404. The Labute approximate surface area is 213 Å². The number of nitrogens with one attached hydrogen (secondary N) is 1. The van der Waals surface area contributed by atoms with Crippen molar-refractivity contribution in [2.75, 3.05) is 29.3 Å². The van der Waals surface area contributed by atoms with Gasteiger partial charge in [0.2, 0.25) is 0 Å². The van der Waals surface area contributed by atoms with Gasteiger partial charge in [-0.2, -0.15) is 0 Å². The van der Waals surface area contributed by atoms with Crippen molar-refractivity contribution in [1.29, 1.82) is 0 Å². The molecule has 0 saturated carbocycles. The number of halogens is 2. The smallest absolute Gasteiger partial charge is 0.290 e. The zero-order valence-electron chi connectivity index (χ0n) is 19.0. The van der Waals surface area contributed by atoms with Crippen molar-refractivity contribution >= 4 is 50.9 Å². The van der Waals surface area contributed by atoms with E-state index in [1.807, 2.05) is 25.1 Å². The maximum atomic E-state index is 15.0. The van der Waals surface area contributed by atoms with E-state index in [9.17, 15) is 12.8 Å². The van der Waals surface area contributed by atoms with Crippen LogP contribution in [0, 0.1) is 5.82 Å². The second kappa shape index (κ2) is 12.3. The summed E-state index contributed by atoms with van der Waals surface area (Å²) in [5.74, 6) is -0.695. The summed E-state index contributed by atoms with van der Waals surface area (Å²) < 4.78 is 42.5. The maximum Gasteiger partial charge on any atom is 0.290 e. The van der Waals surface area contributed by atoms with Gasteiger partial charge in [0.15, 0.2) is 5.82 Å². The van der Waals surface area contributed by atoms with Gasteiger partial charge in [0.1, 0.15) is 10.7 Å². The van der Waals surface area contributed by atoms with Gasteiger partial charge in [0.25, 0.3) is 16.5 Å². The molecule has 2 aromatic carbocycles. The molecule has 0 amide bonds. The van der Waals surface area contributed by atoms with Gasteiger partial charge in [-0.05, 0) is 25.0 Å². The van der Waals surface area contributed by atoms with Crippen molar-refractivity contribution in [3.05, 3.63) is 69.8 Å². The number of nitrogens with zero attached hydrogens (tertiary/aromatic N) is 3. The lowest BCUT2D eigenvalue weighted by Crippen LogP contribution is -2.37. The fraction of sp³-hybridized carbons (Fsp3) is 0.304. The molecule has 3 aromatic rings. The standard InChI is InChI=1S/C22H24ClFN4O2S2.CH2O2/c1-2-28(17-8-9-27(13-17)12-16-6-4-3-5-7-16)20-11-19(24)21(10-18(20)23)32(29,30)26-22-14-31-15-25-22;2-1-3/h3-7,10-11,14-15,17,26H,2,8-9,12-13H2,1H3;1H,(H,2,3)/t17-;/m0./s1. The van der Waals surface area contributed by atoms with E-state index < -0.39 is 20.7 Å². The third-order valence-electron chi connectivity index (χ3n) is 5.55. The van der Waals surface area contributed by atoms with E-state index in [0.29, 0.717) is 12.2 Å². The topological polar surface area (TPSA) is 103 Å². The van der Waals surface area contributed by atoms with E-state index in [-0.39, 0.29) is 23.4 Å². The molecule has 2 N–H and O–H groups in total. The lowest BCUT2D eigenvalue weighted by atomic mass is 10.1. The van der Waals surface area contributed by atoms with Gasteiger partial charge >= 0.3 is 0 Å². The summed E-state index contributed by atoms with van der Waals surface area (Å²) in [6, 6.07) is 12.8. The number of likely N-dealkylation sites (N-methyl/N-ethyl adjacent to an activating group) is 1. The van der Waals surface area contributed by atoms with E-state index >= 15 is 0 Å². The van der Waals surface area contributed by atoms with Crippen LogP contribution >= 0.6 is 22.9 Å². The van der Waals surface area contributed by atoms with Gasteiger partial charge < -0.3 is 10.0 Å². The maximum absolute atomic E-state index is 15.0. The summed E-state index contributed by atoms with van der Waals surface area (Å²) in [7, 11) is -4.14. The number of anilines is 2. The average Bonchev–Trinajstić information content (AvgIpc) is 3.50. The van der Waals surface area contributed by atoms with Crippen LogP contribution in [-0.2, 0) is 21.4 Å². The molecule has 1 atom stereocenters. The van der Waals surface area contributed by atoms with Crippen molar-refractivity contribution in [3.8, 4) is 0 Å². The Balaban J connectivity index is 0.00000108. The molecule has 1 fully saturated rings. The fourth-order valence-electron chi connectivity index (χ4n) is 4.08. The molecular weight excluding hydrogens is 515 g/mol. The van der Waals surface area contributed by atoms with Crippen LogP contribution in [0.1, 0.15) is 18.9 Å². The predicted molar refractivity (Wildman–Crippen MR) is 136 cm³/mol. The predicted octanol–water partition coefficient (Wildman–Crippen LogP) is 4.54. The number of aromatic nitrogens is 1. The molecule has 0 aliphatic carbocycles. The molecule has 1 aliphatic heterocycles. The van der Waals surface area contributed by atoms with Gasteiger partial charge in [-0.25, -0.2) is 17.8 Å². The van der Waals surface area contributed by atoms with E-state index in [0.717, 1.165) is 26.1 Å². The highest BCUT2D eigenvalue weighted by molar-refractivity contribution is 7.92. The first-order chi connectivity index (χ1) is 16.8. The average molecular weight is 541 g/mol. The number of likely N-dealkylation sites (tertiary alicyclic amines) is 1. The summed E-state index contributed by atoms with van der Waals surface area (Å²) in [5.41, 5.74) is 3.25. The summed E-state index contributed by atoms with van der Waals surface area (Å²) in [6.45, 7) is 4.98. The third-order valence-corrected chi connectivity index (χ3v) is 7.81. The Hall–Kier alpha value is -2.73. The summed E-state index contributed by atoms with van der Waals surface area (Å²) in [5, 5.41) is 8.62. The SMILES string of the molecule is CCN(c1cc(F)c(S(=O)(=O)Nc2cscn2)cc1Cl)[C@H]1CCN(Cc2ccccc2)C1.O=CO. The number of carbonyl (C=O) groups is 1. The van der Waals surface area contributed by atoms with Crippen LogP contribution in [-0.4, -0.2) is 55.6 Å². The molecule has 0 spiro atoms. The number of sulfonamides is 1. The molecule has 2 heterocycles. The zero-order chi connectivity index (χ0) is 25.4. The van der Waals surface area contributed by atoms with Crippen LogP contribution in [0.3, 0.4) is 0 Å². The van der Waals surface area contributed by atoms with Crippen molar-refractivity contribution in [1.82, 2.24) is 9.88 Å². The summed E-state index contributed by atoms with van der Waals surface area (Å²) in [6.07, 6.45) is 0.921. The molecule has 4 rings (SSSR count). The molecule has 188 valence electrons. The molecule has 1 aliphatic rings. The minimum absolute atomic E-state index is 0.147. The van der Waals surface area contributed by atoms with Crippen LogP contribution in [0.25, 0.3) is 0 Å². The summed E-state index contributed by atoms with van der Waals surface area (Å²) >= 11 is 7.72. The van der Waals surface area contributed by atoms with E-state index in [4.69, 9.17) is 21.5 Å². The van der Waals surface area contributed by atoms with Gasteiger partial charge in [-0.15, -0.1) is 11.3 Å². The molecule has 12 heteroatoms. The molecule has 35 heavy (non-hydrogen) atoms. The molecule has 0 bridgehead atoms. The molecule has 0 radical (unpaired) electrons. The minimum atomic E-state index is -4.14. The number of hydrogen-bond donors (Lipinski definition) is 2. The molecule has 8 nitrogen and oxygen atoms in total. The second-order valence-corrected chi connectivity index (χ2v) is 10.5. The van der Waals surface area contributed by atoms with Gasteiger partial charge in [-0.1, -0.05) is 41.9 Å². The number of benzene rings is 2. The van der Waals surface area contributed by atoms with Crippen molar-refractivity contribution in [3.63, 3.8) is 0 Å². The van der Waals surface area contributed by atoms with Crippen LogP contribution < -0.4 is 9.62 Å². The normalized spacial score (nSPS) is 15.8. The highest BCUT2D eigenvalue weighted by Crippen LogP contribution is 2.34. The molecular formula is C23H26ClFN4O4S2. The van der Waals surface area contributed by atoms with Crippen molar-refractivity contribution in [2.24, 2.45) is 0 Å². The van der Waals surface area contributed by atoms with Crippen LogP contribution in [0.5, 0.6) is 0 Å². The number of thiazole rings is 1. The van der Waals surface area contributed by atoms with Crippen LogP contribution in [0.15, 0.2) is 58.3 Å². The van der Waals surface area contributed by atoms with Gasteiger partial charge in [0, 0.05) is 43.7 Å². The fourth-order valence-corrected chi connectivity index (χ4v) is 6.06. The Morgan fingerprint density at radius 1 is 1.34 bits per heavy atom. The Morgan fingerprint density at radius 2 is 2.06 bits per heavy atom. The lowest BCUT2D eigenvalue weighted by Gasteiger charge is -2.31. The van der Waals surface area contributed by atoms with Gasteiger partial charge in [0.05, 0.1) is 16.2 Å². The van der Waals surface area contributed by atoms with E-state index in [2.05, 4.69) is 31.6 Å². The van der Waals surface area contributed by atoms with Crippen molar-refractivity contribution < 1.29 is 22.7 Å². The first-order valence-corrected chi connectivity index (χ1v) is 13.6. The molecule has 0 unspecified atom stereocenters. The lowest BCUT2D eigenvalue weighted by molar-refractivity contribution is -0.122.